The topological polar surface area (TPSA) is 66.4 Å². The highest BCUT2D eigenvalue weighted by atomic mass is 16.4. The number of carboxylic acids is 1. The summed E-state index contributed by atoms with van der Waals surface area (Å²) in [5.74, 6) is -1.89. The van der Waals surface area contributed by atoms with Crippen molar-refractivity contribution in [2.24, 2.45) is 0 Å². The van der Waals surface area contributed by atoms with Gasteiger partial charge in [-0.15, -0.1) is 0 Å². The van der Waals surface area contributed by atoms with Crippen LogP contribution in [0.3, 0.4) is 0 Å². The molecule has 1 aromatic carbocycles. The van der Waals surface area contributed by atoms with Crippen molar-refractivity contribution < 1.29 is 14.7 Å². The Kier molecular flexibility index (Phi) is 2.19. The monoisotopic (exact) mass is 205 g/mol. The van der Waals surface area contributed by atoms with Crippen molar-refractivity contribution in [3.63, 3.8) is 0 Å². The number of carboxylic acid groups (broad SMARTS) is 1. The lowest BCUT2D eigenvalue weighted by Crippen LogP contribution is -2.27. The van der Waals surface area contributed by atoms with Gasteiger partial charge in [-0.25, -0.2) is 0 Å². The number of nitrogens with one attached hydrogen (secondary N) is 1. The Morgan fingerprint density at radius 2 is 2.27 bits per heavy atom. The van der Waals surface area contributed by atoms with E-state index >= 15 is 0 Å². The first-order valence-electron chi connectivity index (χ1n) is 4.72. The zero-order chi connectivity index (χ0) is 11.0. The second-order valence-corrected chi connectivity index (χ2v) is 3.68. The fourth-order valence-electron chi connectivity index (χ4n) is 1.86. The van der Waals surface area contributed by atoms with E-state index in [0.717, 1.165) is 5.56 Å². The zero-order valence-electron chi connectivity index (χ0n) is 8.28. The first-order chi connectivity index (χ1) is 7.09. The van der Waals surface area contributed by atoms with Gasteiger partial charge in [-0.3, -0.25) is 9.59 Å². The number of carbonyl (C=O) groups excluding carboxylic acids is 1. The Balaban J connectivity index is 2.55. The lowest BCUT2D eigenvalue weighted by Gasteiger charge is -2.23. The molecule has 0 spiro atoms. The number of hydrogen-bond donors (Lipinski definition) is 2. The lowest BCUT2D eigenvalue weighted by molar-refractivity contribution is -0.140. The Morgan fingerprint density at radius 1 is 1.53 bits per heavy atom. The van der Waals surface area contributed by atoms with Gasteiger partial charge in [0.1, 0.15) is 0 Å². The molecule has 1 aromatic rings. The number of hydrogen-bond acceptors (Lipinski definition) is 2. The molecule has 15 heavy (non-hydrogen) atoms. The second kappa shape index (κ2) is 3.38. The number of fused-ring (bicyclic) bond motifs is 1. The van der Waals surface area contributed by atoms with Gasteiger partial charge >= 0.3 is 5.97 Å². The number of para-hydroxylation sites is 1. The van der Waals surface area contributed by atoms with Gasteiger partial charge in [0.2, 0.25) is 5.91 Å². The molecule has 0 saturated carbocycles. The van der Waals surface area contributed by atoms with Gasteiger partial charge in [-0.1, -0.05) is 18.2 Å². The molecule has 1 amide bonds. The normalized spacial score (nSPS) is 19.3. The van der Waals surface area contributed by atoms with Crippen LogP contribution in [0.2, 0.25) is 0 Å². The molecule has 0 unspecified atom stereocenters. The summed E-state index contributed by atoms with van der Waals surface area (Å²) in [7, 11) is 0. The van der Waals surface area contributed by atoms with Gasteiger partial charge in [0.25, 0.3) is 0 Å². The minimum absolute atomic E-state index is 0.0196. The van der Waals surface area contributed by atoms with E-state index in [9.17, 15) is 9.59 Å². The first kappa shape index (κ1) is 9.71. The first-order valence-corrected chi connectivity index (χ1v) is 4.72. The van der Waals surface area contributed by atoms with Gasteiger partial charge in [0, 0.05) is 12.1 Å². The summed E-state index contributed by atoms with van der Waals surface area (Å²) in [6.07, 6.45) is 0.0196. The van der Waals surface area contributed by atoms with E-state index in [4.69, 9.17) is 5.11 Å². The van der Waals surface area contributed by atoms with Crippen LogP contribution in [0.4, 0.5) is 5.69 Å². The molecular formula is C11H11NO3. The van der Waals surface area contributed by atoms with Crippen molar-refractivity contribution in [3.8, 4) is 0 Å². The summed E-state index contributed by atoms with van der Waals surface area (Å²) in [4.78, 5) is 22.3. The van der Waals surface area contributed by atoms with E-state index in [1.54, 1.807) is 6.07 Å². The van der Waals surface area contributed by atoms with Crippen molar-refractivity contribution in [2.45, 2.75) is 19.3 Å². The third-order valence-corrected chi connectivity index (χ3v) is 2.63. The Morgan fingerprint density at radius 3 is 2.93 bits per heavy atom. The molecule has 0 radical (unpaired) electrons. The summed E-state index contributed by atoms with van der Waals surface area (Å²) in [6, 6.07) is 5.41. The van der Waals surface area contributed by atoms with Crippen LogP contribution in [0.25, 0.3) is 0 Å². The van der Waals surface area contributed by atoms with E-state index in [1.807, 2.05) is 19.1 Å². The number of rotatable bonds is 1. The third-order valence-electron chi connectivity index (χ3n) is 2.63. The second-order valence-electron chi connectivity index (χ2n) is 3.68. The molecular weight excluding hydrogens is 194 g/mol. The molecule has 2 rings (SSSR count). The molecule has 0 saturated heterocycles. The predicted octanol–water partition coefficient (Wildman–Crippen LogP) is 1.51. The molecule has 0 bridgehead atoms. The average Bonchev–Trinajstić information content (AvgIpc) is 2.18. The Hall–Kier alpha value is -1.84. The van der Waals surface area contributed by atoms with E-state index in [-0.39, 0.29) is 12.3 Å². The molecule has 1 heterocycles. The van der Waals surface area contributed by atoms with E-state index < -0.39 is 11.9 Å². The number of aliphatic carboxylic acids is 1. The van der Waals surface area contributed by atoms with Crippen LogP contribution in [0.1, 0.15) is 23.5 Å². The van der Waals surface area contributed by atoms with Crippen LogP contribution in [0.5, 0.6) is 0 Å². The molecule has 78 valence electrons. The summed E-state index contributed by atoms with van der Waals surface area (Å²) >= 11 is 0. The van der Waals surface area contributed by atoms with Crippen LogP contribution >= 0.6 is 0 Å². The summed E-state index contributed by atoms with van der Waals surface area (Å²) in [6.45, 7) is 1.85. The Labute approximate surface area is 86.9 Å². The molecule has 4 heteroatoms. The van der Waals surface area contributed by atoms with Gasteiger partial charge in [-0.2, -0.15) is 0 Å². The van der Waals surface area contributed by atoms with Gasteiger partial charge < -0.3 is 10.4 Å². The van der Waals surface area contributed by atoms with Gasteiger partial charge in [-0.05, 0) is 18.1 Å². The number of anilines is 1. The highest BCUT2D eigenvalue weighted by Crippen LogP contribution is 2.34. The molecule has 0 fully saturated rings. The third kappa shape index (κ3) is 1.58. The number of benzene rings is 1. The summed E-state index contributed by atoms with van der Waals surface area (Å²) < 4.78 is 0. The Bertz CT molecular complexity index is 439. The zero-order valence-corrected chi connectivity index (χ0v) is 8.28. The standard InChI is InChI=1S/C11H11NO3/c1-6-3-2-4-7-8(11(14)15)5-9(13)12-10(6)7/h2-4,8H,5H2,1H3,(H,12,13)(H,14,15)/t8-/m0/s1. The molecule has 2 N–H and O–H groups in total. The van der Waals surface area contributed by atoms with E-state index in [0.29, 0.717) is 11.3 Å². The smallest absolute Gasteiger partial charge is 0.311 e. The van der Waals surface area contributed by atoms with Crippen molar-refractivity contribution in [1.82, 2.24) is 0 Å². The predicted molar refractivity (Wildman–Crippen MR) is 54.8 cm³/mol. The number of carbonyl (C=O) groups is 2. The highest BCUT2D eigenvalue weighted by molar-refractivity contribution is 6.00. The molecule has 0 aliphatic carbocycles. The minimum Gasteiger partial charge on any atom is -0.481 e. The molecule has 4 nitrogen and oxygen atoms in total. The van der Waals surface area contributed by atoms with E-state index in [1.165, 1.54) is 0 Å². The van der Waals surface area contributed by atoms with Crippen LogP contribution in [0, 0.1) is 6.92 Å². The van der Waals surface area contributed by atoms with Crippen LogP contribution < -0.4 is 5.32 Å². The quantitative estimate of drug-likeness (QED) is 0.730. The van der Waals surface area contributed by atoms with Crippen LogP contribution in [-0.2, 0) is 9.59 Å². The maximum Gasteiger partial charge on any atom is 0.311 e. The number of aryl methyl sites for hydroxylation is 1. The summed E-state index contributed by atoms with van der Waals surface area (Å²) in [5, 5.41) is 11.7. The largest absolute Gasteiger partial charge is 0.481 e. The molecule has 1 atom stereocenters. The van der Waals surface area contributed by atoms with E-state index in [2.05, 4.69) is 5.32 Å². The van der Waals surface area contributed by atoms with Crippen molar-refractivity contribution in [1.29, 1.82) is 0 Å². The maximum absolute atomic E-state index is 11.3. The van der Waals surface area contributed by atoms with Crippen molar-refractivity contribution in [2.75, 3.05) is 5.32 Å². The molecule has 0 aromatic heterocycles. The summed E-state index contributed by atoms with van der Waals surface area (Å²) in [5.41, 5.74) is 2.25. The molecule has 1 aliphatic rings. The fraction of sp³-hybridized carbons (Fsp3) is 0.273. The maximum atomic E-state index is 11.3. The number of amides is 1. The highest BCUT2D eigenvalue weighted by Gasteiger charge is 2.30. The van der Waals surface area contributed by atoms with Crippen LogP contribution in [0.15, 0.2) is 18.2 Å². The minimum atomic E-state index is -0.948. The van der Waals surface area contributed by atoms with Crippen LogP contribution in [-0.4, -0.2) is 17.0 Å². The molecule has 1 aliphatic heterocycles. The van der Waals surface area contributed by atoms with Gasteiger partial charge in [0.05, 0.1) is 5.92 Å². The van der Waals surface area contributed by atoms with Crippen molar-refractivity contribution >= 4 is 17.6 Å². The van der Waals surface area contributed by atoms with Crippen molar-refractivity contribution in [3.05, 3.63) is 29.3 Å². The van der Waals surface area contributed by atoms with Gasteiger partial charge in [0.15, 0.2) is 0 Å². The SMILES string of the molecule is Cc1cccc2c1NC(=O)C[C@@H]2C(=O)O. The lowest BCUT2D eigenvalue weighted by atomic mass is 9.89. The average molecular weight is 205 g/mol. The fourth-order valence-corrected chi connectivity index (χ4v) is 1.86.